The molecule has 0 bridgehead atoms. The van der Waals surface area contributed by atoms with Crippen LogP contribution in [0.1, 0.15) is 42.5 Å². The van der Waals surface area contributed by atoms with Crippen molar-refractivity contribution in [3.05, 3.63) is 28.2 Å². The summed E-state index contributed by atoms with van der Waals surface area (Å²) in [5.41, 5.74) is 0.753. The minimum absolute atomic E-state index is 0.110. The Kier molecular flexibility index (Phi) is 5.05. The average molecular weight is 342 g/mol. The number of carboxylic acid groups (broad SMARTS) is 1. The maximum absolute atomic E-state index is 11.3. The van der Waals surface area contributed by atoms with E-state index < -0.39 is 5.97 Å². The topological polar surface area (TPSA) is 69.6 Å². The van der Waals surface area contributed by atoms with E-state index in [1.54, 1.807) is 12.1 Å². The monoisotopic (exact) mass is 341 g/mol. The number of aromatic carboxylic acids is 1. The van der Waals surface area contributed by atoms with Gasteiger partial charge in [0.1, 0.15) is 0 Å². The van der Waals surface area contributed by atoms with Crippen molar-refractivity contribution in [3.63, 3.8) is 0 Å². The number of rotatable bonds is 5. The zero-order valence-electron chi connectivity index (χ0n) is 11.4. The van der Waals surface area contributed by atoms with Gasteiger partial charge in [0.25, 0.3) is 0 Å². The molecule has 1 aromatic rings. The summed E-state index contributed by atoms with van der Waals surface area (Å²) < 4.78 is 0.745. The highest BCUT2D eigenvalue weighted by atomic mass is 79.9. The number of hydrogen-bond acceptors (Lipinski definition) is 3. The van der Waals surface area contributed by atoms with Crippen LogP contribution >= 0.6 is 15.9 Å². The van der Waals surface area contributed by atoms with Gasteiger partial charge in [-0.25, -0.2) is 4.79 Å². The number of benzene rings is 1. The number of anilines is 1. The molecule has 0 atom stereocenters. The first-order valence-corrected chi connectivity index (χ1v) is 7.73. The van der Waals surface area contributed by atoms with Crippen LogP contribution in [0.25, 0.3) is 0 Å². The lowest BCUT2D eigenvalue weighted by Gasteiger charge is -2.36. The second-order valence-electron chi connectivity index (χ2n) is 5.57. The third kappa shape index (κ3) is 3.52. The molecule has 4 nitrogen and oxygen atoms in total. The molecule has 0 spiro atoms. The first-order chi connectivity index (χ1) is 9.56. The predicted octanol–water partition coefficient (Wildman–Crippen LogP) is 3.50. The van der Waals surface area contributed by atoms with Crippen LogP contribution in [0.15, 0.2) is 22.7 Å². The second-order valence-corrected chi connectivity index (χ2v) is 6.48. The average Bonchev–Trinajstić information content (AvgIpc) is 2.47. The molecule has 0 aromatic heterocycles. The first-order valence-electron chi connectivity index (χ1n) is 6.94. The summed E-state index contributed by atoms with van der Waals surface area (Å²) in [7, 11) is 0. The molecule has 1 fully saturated rings. The van der Waals surface area contributed by atoms with Gasteiger partial charge in [-0.1, -0.05) is 35.2 Å². The van der Waals surface area contributed by atoms with Gasteiger partial charge < -0.3 is 15.5 Å². The zero-order valence-corrected chi connectivity index (χ0v) is 12.9. The number of halogens is 1. The Morgan fingerprint density at radius 1 is 1.30 bits per heavy atom. The van der Waals surface area contributed by atoms with Gasteiger partial charge in [0.15, 0.2) is 0 Å². The van der Waals surface area contributed by atoms with Gasteiger partial charge in [-0.05, 0) is 31.0 Å². The smallest absolute Gasteiger partial charge is 0.337 e. The van der Waals surface area contributed by atoms with E-state index in [4.69, 9.17) is 0 Å². The van der Waals surface area contributed by atoms with Gasteiger partial charge in [0.2, 0.25) is 0 Å². The summed E-state index contributed by atoms with van der Waals surface area (Å²) >= 11 is 3.29. The van der Waals surface area contributed by atoms with Crippen LogP contribution in [0.4, 0.5) is 5.69 Å². The van der Waals surface area contributed by atoms with Gasteiger partial charge in [0, 0.05) is 22.1 Å². The highest BCUT2D eigenvalue weighted by Crippen LogP contribution is 2.36. The Hall–Kier alpha value is -1.07. The number of carbonyl (C=O) groups is 1. The van der Waals surface area contributed by atoms with Crippen molar-refractivity contribution >= 4 is 27.6 Å². The van der Waals surface area contributed by atoms with Crippen molar-refractivity contribution in [1.82, 2.24) is 0 Å². The van der Waals surface area contributed by atoms with E-state index in [1.165, 1.54) is 6.42 Å². The van der Waals surface area contributed by atoms with Crippen LogP contribution in [0.2, 0.25) is 0 Å². The molecular formula is C15H20BrNO3. The molecule has 1 saturated carbocycles. The quantitative estimate of drug-likeness (QED) is 0.766. The normalized spacial score (nSPS) is 17.7. The van der Waals surface area contributed by atoms with Crippen molar-refractivity contribution in [1.29, 1.82) is 0 Å². The minimum atomic E-state index is -0.949. The predicted molar refractivity (Wildman–Crippen MR) is 82.2 cm³/mol. The van der Waals surface area contributed by atoms with Crippen molar-refractivity contribution in [3.8, 4) is 0 Å². The first kappa shape index (κ1) is 15.3. The highest BCUT2D eigenvalue weighted by Gasteiger charge is 2.31. The maximum atomic E-state index is 11.3. The highest BCUT2D eigenvalue weighted by molar-refractivity contribution is 9.10. The Bertz CT molecular complexity index is 484. The van der Waals surface area contributed by atoms with Crippen molar-refractivity contribution in [2.75, 3.05) is 18.5 Å². The molecule has 1 aromatic carbocycles. The molecule has 1 aliphatic rings. The lowest BCUT2D eigenvalue weighted by Crippen LogP contribution is -2.35. The summed E-state index contributed by atoms with van der Waals surface area (Å²) in [5, 5.41) is 22.1. The Balaban J connectivity index is 2.11. The van der Waals surface area contributed by atoms with E-state index in [9.17, 15) is 15.0 Å². The van der Waals surface area contributed by atoms with E-state index in [1.807, 2.05) is 6.07 Å². The minimum Gasteiger partial charge on any atom is -0.478 e. The lowest BCUT2D eigenvalue weighted by atomic mass is 9.74. The van der Waals surface area contributed by atoms with Gasteiger partial charge >= 0.3 is 5.97 Å². The standard InChI is InChI=1S/C15H20BrNO3/c16-11-4-5-13(12(8-11)14(19)20)17-9-15(10-18)6-2-1-3-7-15/h4-5,8,17-18H,1-3,6-7,9-10H2,(H,19,20). The molecule has 1 aliphatic carbocycles. The van der Waals surface area contributed by atoms with Crippen LogP contribution in [-0.2, 0) is 0 Å². The largest absolute Gasteiger partial charge is 0.478 e. The van der Waals surface area contributed by atoms with Gasteiger partial charge in [0.05, 0.1) is 12.2 Å². The zero-order chi connectivity index (χ0) is 14.6. The summed E-state index contributed by atoms with van der Waals surface area (Å²) in [6.45, 7) is 0.768. The molecular weight excluding hydrogens is 322 g/mol. The van der Waals surface area contributed by atoms with E-state index in [0.29, 0.717) is 12.2 Å². The summed E-state index contributed by atoms with van der Waals surface area (Å²) in [4.78, 5) is 11.3. The number of aliphatic hydroxyl groups excluding tert-OH is 1. The molecule has 0 aliphatic heterocycles. The third-order valence-electron chi connectivity index (χ3n) is 4.12. The number of hydrogen-bond donors (Lipinski definition) is 3. The molecule has 0 unspecified atom stereocenters. The van der Waals surface area contributed by atoms with Crippen LogP contribution in [0.5, 0.6) is 0 Å². The molecule has 0 saturated heterocycles. The van der Waals surface area contributed by atoms with E-state index in [0.717, 1.165) is 30.2 Å². The van der Waals surface area contributed by atoms with Crippen LogP contribution in [-0.4, -0.2) is 29.3 Å². The third-order valence-corrected chi connectivity index (χ3v) is 4.61. The fraction of sp³-hybridized carbons (Fsp3) is 0.533. The molecule has 3 N–H and O–H groups in total. The van der Waals surface area contributed by atoms with Crippen LogP contribution < -0.4 is 5.32 Å². The fourth-order valence-electron chi connectivity index (χ4n) is 2.82. The van der Waals surface area contributed by atoms with Gasteiger partial charge in [-0.15, -0.1) is 0 Å². The second kappa shape index (κ2) is 6.59. The molecule has 2 rings (SSSR count). The SMILES string of the molecule is O=C(O)c1cc(Br)ccc1NCC1(CO)CCCCC1. The van der Waals surface area contributed by atoms with E-state index in [2.05, 4.69) is 21.2 Å². The van der Waals surface area contributed by atoms with Gasteiger partial charge in [-0.2, -0.15) is 0 Å². The number of nitrogens with one attached hydrogen (secondary N) is 1. The molecule has 110 valence electrons. The van der Waals surface area contributed by atoms with E-state index >= 15 is 0 Å². The van der Waals surface area contributed by atoms with Crippen LogP contribution in [0.3, 0.4) is 0 Å². The fourth-order valence-corrected chi connectivity index (χ4v) is 3.18. The van der Waals surface area contributed by atoms with Crippen LogP contribution in [0, 0.1) is 5.41 Å². The molecule has 5 heteroatoms. The number of aliphatic hydroxyl groups is 1. The Morgan fingerprint density at radius 2 is 2.00 bits per heavy atom. The maximum Gasteiger partial charge on any atom is 0.337 e. The molecule has 20 heavy (non-hydrogen) atoms. The number of carboxylic acids is 1. The van der Waals surface area contributed by atoms with Crippen molar-refractivity contribution in [2.24, 2.45) is 5.41 Å². The molecule has 0 heterocycles. The summed E-state index contributed by atoms with van der Waals surface area (Å²) in [6.07, 6.45) is 5.48. The summed E-state index contributed by atoms with van der Waals surface area (Å²) in [6, 6.07) is 5.18. The van der Waals surface area contributed by atoms with E-state index in [-0.39, 0.29) is 17.6 Å². The Morgan fingerprint density at radius 3 is 2.60 bits per heavy atom. The van der Waals surface area contributed by atoms with Crippen molar-refractivity contribution in [2.45, 2.75) is 32.1 Å². The Labute approximate surface area is 127 Å². The molecule has 0 amide bonds. The summed E-state index contributed by atoms with van der Waals surface area (Å²) in [5.74, 6) is -0.949. The van der Waals surface area contributed by atoms with Crippen molar-refractivity contribution < 1.29 is 15.0 Å². The van der Waals surface area contributed by atoms with Gasteiger partial charge in [-0.3, -0.25) is 0 Å². The molecule has 0 radical (unpaired) electrons. The lowest BCUT2D eigenvalue weighted by molar-refractivity contribution is 0.0697.